The van der Waals surface area contributed by atoms with E-state index in [4.69, 9.17) is 9.47 Å². The molecule has 4 aliphatic rings. The number of carbonyl (C=O) groups excluding carboxylic acids is 3. The van der Waals surface area contributed by atoms with Crippen LogP contribution in [0, 0.1) is 45.8 Å². The van der Waals surface area contributed by atoms with Crippen molar-refractivity contribution in [1.82, 2.24) is 0 Å². The smallest absolute Gasteiger partial charge is 0.318 e. The number of benzene rings is 1. The normalized spacial score (nSPS) is 36.9. The Balaban J connectivity index is 1.69. The van der Waals surface area contributed by atoms with Gasteiger partial charge in [-0.3, -0.25) is 4.79 Å². The molecule has 0 heterocycles. The lowest BCUT2D eigenvalue weighted by Gasteiger charge is -2.60. The van der Waals surface area contributed by atoms with Gasteiger partial charge in [0.25, 0.3) is 0 Å². The zero-order chi connectivity index (χ0) is 27.8. The maximum atomic E-state index is 14.9. The molecule has 0 radical (unpaired) electrons. The Bertz CT molecular complexity index is 1100. The molecule has 4 bridgehead atoms. The lowest BCUT2D eigenvalue weighted by Crippen LogP contribution is -2.66. The van der Waals surface area contributed by atoms with Crippen molar-refractivity contribution in [3.05, 3.63) is 47.5 Å². The van der Waals surface area contributed by atoms with Gasteiger partial charge in [-0.25, -0.2) is 0 Å². The number of hydrogen-bond acceptors (Lipinski definition) is 6. The van der Waals surface area contributed by atoms with Gasteiger partial charge in [-0.05, 0) is 67.3 Å². The molecular formula is C33H44O6. The van der Waals surface area contributed by atoms with Crippen molar-refractivity contribution in [2.75, 3.05) is 13.2 Å². The number of fused-ring (bicyclic) bond motifs is 2. The third-order valence-electron chi connectivity index (χ3n) is 11.0. The van der Waals surface area contributed by atoms with Crippen LogP contribution in [0.1, 0.15) is 71.3 Å². The van der Waals surface area contributed by atoms with E-state index in [2.05, 4.69) is 26.8 Å². The van der Waals surface area contributed by atoms with Gasteiger partial charge < -0.3 is 24.2 Å². The van der Waals surface area contributed by atoms with Gasteiger partial charge in [0.1, 0.15) is 24.6 Å². The Morgan fingerprint density at radius 2 is 1.92 bits per heavy atom. The number of aliphatic hydroxyl groups is 1. The van der Waals surface area contributed by atoms with Crippen molar-refractivity contribution < 1.29 is 29.0 Å². The second-order valence-corrected chi connectivity index (χ2v) is 12.8. The predicted molar refractivity (Wildman–Crippen MR) is 147 cm³/mol. The summed E-state index contributed by atoms with van der Waals surface area (Å²) >= 11 is 0. The molecule has 0 amide bonds. The largest absolute Gasteiger partial charge is 0.460 e. The van der Waals surface area contributed by atoms with Gasteiger partial charge in [0.15, 0.2) is 0 Å². The number of aldehydes is 2. The van der Waals surface area contributed by atoms with Gasteiger partial charge in [-0.2, -0.15) is 0 Å². The fourth-order valence-corrected chi connectivity index (χ4v) is 9.69. The highest BCUT2D eigenvalue weighted by molar-refractivity contribution is 5.91. The van der Waals surface area contributed by atoms with Gasteiger partial charge >= 0.3 is 5.97 Å². The van der Waals surface area contributed by atoms with Crippen LogP contribution < -0.4 is 0 Å². The Morgan fingerprint density at radius 1 is 1.15 bits per heavy atom. The summed E-state index contributed by atoms with van der Waals surface area (Å²) in [6, 6.07) is 9.70. The Kier molecular flexibility index (Phi) is 7.91. The quantitative estimate of drug-likeness (QED) is 0.159. The minimum atomic E-state index is -1.12. The summed E-state index contributed by atoms with van der Waals surface area (Å²) < 4.78 is 12.8. The first-order valence-corrected chi connectivity index (χ1v) is 14.9. The number of esters is 1. The van der Waals surface area contributed by atoms with E-state index in [-0.39, 0.29) is 56.1 Å². The maximum Gasteiger partial charge on any atom is 0.318 e. The average Bonchev–Trinajstić information content (AvgIpc) is 3.52. The Hall–Kier alpha value is -2.31. The second-order valence-electron chi connectivity index (χ2n) is 12.8. The lowest BCUT2D eigenvalue weighted by atomic mass is 9.41. The number of allylic oxidation sites excluding steroid dienone is 1. The van der Waals surface area contributed by atoms with E-state index in [1.54, 1.807) is 0 Å². The van der Waals surface area contributed by atoms with Crippen LogP contribution in [0.2, 0.25) is 0 Å². The van der Waals surface area contributed by atoms with Crippen LogP contribution in [0.5, 0.6) is 0 Å². The van der Waals surface area contributed by atoms with Crippen LogP contribution in [0.25, 0.3) is 0 Å². The first-order valence-electron chi connectivity index (χ1n) is 14.9. The van der Waals surface area contributed by atoms with Crippen LogP contribution in [-0.2, 0) is 30.5 Å². The van der Waals surface area contributed by atoms with Crippen molar-refractivity contribution in [2.24, 2.45) is 45.8 Å². The summed E-state index contributed by atoms with van der Waals surface area (Å²) in [4.78, 5) is 39.7. The number of rotatable bonds is 13. The van der Waals surface area contributed by atoms with E-state index in [9.17, 15) is 19.5 Å². The molecule has 6 heteroatoms. The van der Waals surface area contributed by atoms with E-state index in [1.165, 1.54) is 0 Å². The van der Waals surface area contributed by atoms with E-state index in [1.807, 2.05) is 30.3 Å². The van der Waals surface area contributed by atoms with Crippen molar-refractivity contribution >= 4 is 18.5 Å². The van der Waals surface area contributed by atoms with E-state index >= 15 is 0 Å². The highest BCUT2D eigenvalue weighted by Gasteiger charge is 2.86. The first kappa shape index (κ1) is 28.2. The van der Waals surface area contributed by atoms with Gasteiger partial charge in [-0.1, -0.05) is 69.2 Å². The molecule has 6 nitrogen and oxygen atoms in total. The van der Waals surface area contributed by atoms with E-state index in [0.717, 1.165) is 43.0 Å². The Morgan fingerprint density at radius 3 is 2.59 bits per heavy atom. The monoisotopic (exact) mass is 536 g/mol. The van der Waals surface area contributed by atoms with Crippen LogP contribution in [0.4, 0.5) is 0 Å². The molecule has 39 heavy (non-hydrogen) atoms. The Labute approximate surface area is 232 Å². The first-order chi connectivity index (χ1) is 18.8. The minimum Gasteiger partial charge on any atom is -0.460 e. The highest BCUT2D eigenvalue weighted by Crippen LogP contribution is 2.84. The van der Waals surface area contributed by atoms with Crippen LogP contribution >= 0.6 is 0 Å². The summed E-state index contributed by atoms with van der Waals surface area (Å²) in [6.07, 6.45) is 8.71. The molecule has 0 spiro atoms. The molecule has 212 valence electrons. The second kappa shape index (κ2) is 10.9. The molecule has 3 fully saturated rings. The standard InChI is InChI=1S/C33H44O6/c1-22(2)28-17-25-18-31(21-36)27-13-12-23(3)26(27)19-32(25,29(11-7-14-34)38-16-8-15-35)33(28,31)30(37)39-20-24-9-5-4-6-10-24/h4-6,9-10,15,17,21-23,25-27,29,34H,7-8,11-14,16,18-20H2,1-3H3/t23-,25+,26-,27-,29?,31+,32+,33+/m1/s1. The number of carbonyl (C=O) groups is 3. The number of aliphatic hydroxyl groups excluding tert-OH is 1. The number of hydrogen-bond donors (Lipinski definition) is 1. The van der Waals surface area contributed by atoms with Crippen molar-refractivity contribution in [1.29, 1.82) is 0 Å². The molecule has 0 aliphatic heterocycles. The minimum absolute atomic E-state index is 0.00194. The zero-order valence-electron chi connectivity index (χ0n) is 23.6. The van der Waals surface area contributed by atoms with E-state index < -0.39 is 16.2 Å². The van der Waals surface area contributed by atoms with Crippen molar-refractivity contribution in [2.45, 2.75) is 78.4 Å². The lowest BCUT2D eigenvalue weighted by molar-refractivity contribution is -0.205. The predicted octanol–water partition coefficient (Wildman–Crippen LogP) is 5.32. The molecule has 0 aromatic heterocycles. The highest BCUT2D eigenvalue weighted by atomic mass is 16.5. The summed E-state index contributed by atoms with van der Waals surface area (Å²) in [5.74, 6) is 0.665. The van der Waals surface area contributed by atoms with Crippen molar-refractivity contribution in [3.8, 4) is 0 Å². The molecular weight excluding hydrogens is 492 g/mol. The molecule has 1 aromatic carbocycles. The SMILES string of the molecule is CC(C)C1=C[C@H]2C[C@]3(C=O)[C@@H]4CC[C@@H](C)[C@H]4C[C@]2(C(CCCO)OCCC=O)[C@]13C(=O)OCc1ccccc1. The van der Waals surface area contributed by atoms with Gasteiger partial charge in [0.2, 0.25) is 0 Å². The summed E-state index contributed by atoms with van der Waals surface area (Å²) in [5, 5.41) is 9.84. The molecule has 0 saturated heterocycles. The van der Waals surface area contributed by atoms with Crippen LogP contribution in [-0.4, -0.2) is 43.0 Å². The fraction of sp³-hybridized carbons (Fsp3) is 0.667. The zero-order valence-corrected chi connectivity index (χ0v) is 23.6. The molecule has 5 rings (SSSR count). The van der Waals surface area contributed by atoms with Crippen LogP contribution in [0.15, 0.2) is 42.0 Å². The van der Waals surface area contributed by atoms with Crippen molar-refractivity contribution in [3.63, 3.8) is 0 Å². The van der Waals surface area contributed by atoms with E-state index in [0.29, 0.717) is 31.1 Å². The topological polar surface area (TPSA) is 89.9 Å². The fourth-order valence-electron chi connectivity index (χ4n) is 9.69. The molecule has 1 N–H and O–H groups in total. The average molecular weight is 537 g/mol. The summed E-state index contributed by atoms with van der Waals surface area (Å²) in [7, 11) is 0. The van der Waals surface area contributed by atoms with Gasteiger partial charge in [0, 0.05) is 18.4 Å². The van der Waals surface area contributed by atoms with Gasteiger partial charge in [0.05, 0.1) is 18.1 Å². The molecule has 3 saturated carbocycles. The summed E-state index contributed by atoms with van der Waals surface area (Å²) in [6.45, 7) is 6.96. The van der Waals surface area contributed by atoms with Crippen LogP contribution in [0.3, 0.4) is 0 Å². The number of ether oxygens (including phenoxy) is 2. The maximum absolute atomic E-state index is 14.9. The van der Waals surface area contributed by atoms with Gasteiger partial charge in [-0.15, -0.1) is 0 Å². The molecule has 4 aliphatic carbocycles. The molecule has 1 unspecified atom stereocenters. The molecule has 1 aromatic rings. The third-order valence-corrected chi connectivity index (χ3v) is 11.0. The summed E-state index contributed by atoms with van der Waals surface area (Å²) in [5.41, 5.74) is -0.689. The third kappa shape index (κ3) is 3.92. The molecule has 8 atom stereocenters.